The maximum Gasteiger partial charge on any atom is 0.472 e. The molecule has 0 aliphatic rings. The second-order valence-corrected chi connectivity index (χ2v) is 8.05. The number of phosphoric acid groups is 1. The molecule has 0 saturated heterocycles. The average molecular weight is 446 g/mol. The van der Waals surface area contributed by atoms with E-state index in [1.165, 1.54) is 0 Å². The van der Waals surface area contributed by atoms with Crippen molar-refractivity contribution in [3.63, 3.8) is 0 Å². The summed E-state index contributed by atoms with van der Waals surface area (Å²) in [6.45, 7) is 1.37. The normalized spacial score (nSPS) is 14.9. The first-order chi connectivity index (χ1) is 14.0. The van der Waals surface area contributed by atoms with Crippen molar-refractivity contribution in [2.45, 2.75) is 38.8 Å². The summed E-state index contributed by atoms with van der Waals surface area (Å²) in [6.07, 6.45) is -0.556. The van der Waals surface area contributed by atoms with E-state index in [1.807, 2.05) is 36.5 Å². The van der Waals surface area contributed by atoms with Crippen LogP contribution in [0.25, 0.3) is 0 Å². The number of phosphoric ester groups is 1. The predicted octanol–water partition coefficient (Wildman–Crippen LogP) is 0.128. The Morgan fingerprint density at radius 1 is 1.20 bits per heavy atom. The fourth-order valence-electron chi connectivity index (χ4n) is 2.31. The van der Waals surface area contributed by atoms with E-state index in [1.54, 1.807) is 0 Å². The summed E-state index contributed by atoms with van der Waals surface area (Å²) in [5, 5.41) is 23.2. The third-order valence-electron chi connectivity index (χ3n) is 3.77. The van der Waals surface area contributed by atoms with Crippen LogP contribution < -0.4 is 10.6 Å². The summed E-state index contributed by atoms with van der Waals surface area (Å²) in [5.41, 5.74) is 2.09. The highest BCUT2D eigenvalue weighted by Gasteiger charge is 2.27. The summed E-state index contributed by atoms with van der Waals surface area (Å²) in [7, 11) is -4.68. The van der Waals surface area contributed by atoms with Crippen molar-refractivity contribution >= 4 is 25.6 Å². The standard InChI is InChI=1S/C18H27N2O9P/c1-12-4-3-5-14(8-12)6-7-17(23)19-9-15(22)10-28-30(26,27)29-11-16(18(24)25)20-13(2)21/h3-5,8,15-16,22H,6-7,9-11H2,1-2H3,(H,19,23)(H,20,21)(H,24,25)(H,26,27)/t15-,16+/m1/s1. The molecule has 0 aliphatic carbocycles. The number of nitrogens with one attached hydrogen (secondary N) is 2. The molecule has 0 aliphatic heterocycles. The van der Waals surface area contributed by atoms with Crippen molar-refractivity contribution in [1.82, 2.24) is 10.6 Å². The molecule has 1 aromatic rings. The minimum atomic E-state index is -4.68. The summed E-state index contributed by atoms with van der Waals surface area (Å²) in [5.74, 6) is -2.43. The van der Waals surface area contributed by atoms with Gasteiger partial charge in [0.1, 0.15) is 0 Å². The van der Waals surface area contributed by atoms with Gasteiger partial charge < -0.3 is 25.7 Å². The van der Waals surface area contributed by atoms with E-state index in [-0.39, 0.29) is 18.9 Å². The minimum absolute atomic E-state index is 0.207. The average Bonchev–Trinajstić information content (AvgIpc) is 2.66. The second kappa shape index (κ2) is 12.4. The lowest BCUT2D eigenvalue weighted by atomic mass is 10.1. The van der Waals surface area contributed by atoms with Crippen molar-refractivity contribution in [3.05, 3.63) is 35.4 Å². The van der Waals surface area contributed by atoms with E-state index in [0.29, 0.717) is 6.42 Å². The molecule has 30 heavy (non-hydrogen) atoms. The number of carboxylic acid groups (broad SMARTS) is 1. The number of aliphatic carboxylic acids is 1. The monoisotopic (exact) mass is 446 g/mol. The van der Waals surface area contributed by atoms with Crippen LogP contribution in [0.5, 0.6) is 0 Å². The number of aliphatic hydroxyl groups excluding tert-OH is 1. The van der Waals surface area contributed by atoms with Crippen LogP contribution in [0.15, 0.2) is 24.3 Å². The number of carbonyl (C=O) groups excluding carboxylic acids is 2. The molecule has 0 spiro atoms. The smallest absolute Gasteiger partial charge is 0.472 e. The highest BCUT2D eigenvalue weighted by Crippen LogP contribution is 2.43. The molecule has 0 heterocycles. The zero-order valence-electron chi connectivity index (χ0n) is 16.7. The SMILES string of the molecule is CC(=O)N[C@@H](COP(=O)(O)OC[C@H](O)CNC(=O)CCc1cccc(C)c1)C(=O)O. The lowest BCUT2D eigenvalue weighted by Gasteiger charge is -2.18. The van der Waals surface area contributed by atoms with Crippen LogP contribution >= 0.6 is 7.82 Å². The molecule has 0 saturated carbocycles. The van der Waals surface area contributed by atoms with Crippen molar-refractivity contribution < 1.29 is 43.1 Å². The Morgan fingerprint density at radius 2 is 1.87 bits per heavy atom. The third kappa shape index (κ3) is 11.0. The minimum Gasteiger partial charge on any atom is -0.480 e. The van der Waals surface area contributed by atoms with Crippen LogP contribution in [0, 0.1) is 6.92 Å². The van der Waals surface area contributed by atoms with Crippen molar-refractivity contribution in [3.8, 4) is 0 Å². The fraction of sp³-hybridized carbons (Fsp3) is 0.500. The topological polar surface area (TPSA) is 171 Å². The number of amides is 2. The molecule has 0 fully saturated rings. The molecule has 1 aromatic carbocycles. The van der Waals surface area contributed by atoms with Crippen LogP contribution in [0.1, 0.15) is 24.5 Å². The first-order valence-electron chi connectivity index (χ1n) is 9.10. The Kier molecular flexibility index (Phi) is 10.6. The van der Waals surface area contributed by atoms with E-state index < -0.39 is 45.1 Å². The second-order valence-electron chi connectivity index (χ2n) is 6.60. The summed E-state index contributed by atoms with van der Waals surface area (Å²) < 4.78 is 20.9. The van der Waals surface area contributed by atoms with Gasteiger partial charge in [-0.15, -0.1) is 0 Å². The van der Waals surface area contributed by atoms with Gasteiger partial charge in [0, 0.05) is 19.9 Å². The highest BCUT2D eigenvalue weighted by molar-refractivity contribution is 7.47. The molecule has 5 N–H and O–H groups in total. The molecule has 12 heteroatoms. The van der Waals surface area contributed by atoms with Crippen LogP contribution in [-0.4, -0.2) is 64.8 Å². The Morgan fingerprint density at radius 3 is 2.47 bits per heavy atom. The van der Waals surface area contributed by atoms with Gasteiger partial charge in [0.25, 0.3) is 0 Å². The number of aryl methyl sites for hydroxylation is 2. The van der Waals surface area contributed by atoms with E-state index in [2.05, 4.69) is 14.4 Å². The van der Waals surface area contributed by atoms with E-state index in [0.717, 1.165) is 18.1 Å². The van der Waals surface area contributed by atoms with Crippen LogP contribution in [0.3, 0.4) is 0 Å². The van der Waals surface area contributed by atoms with Gasteiger partial charge >= 0.3 is 13.8 Å². The highest BCUT2D eigenvalue weighted by atomic mass is 31.2. The number of hydrogen-bond acceptors (Lipinski definition) is 7. The Hall–Kier alpha value is -2.30. The molecule has 2 amide bonds. The molecule has 1 unspecified atom stereocenters. The number of benzene rings is 1. The van der Waals surface area contributed by atoms with Crippen molar-refractivity contribution in [2.24, 2.45) is 0 Å². The maximum absolute atomic E-state index is 11.9. The first-order valence-corrected chi connectivity index (χ1v) is 10.6. The zero-order valence-corrected chi connectivity index (χ0v) is 17.6. The van der Waals surface area contributed by atoms with Gasteiger partial charge in [-0.3, -0.25) is 18.6 Å². The van der Waals surface area contributed by atoms with Crippen molar-refractivity contribution in [2.75, 3.05) is 19.8 Å². The fourth-order valence-corrected chi connectivity index (χ4v) is 3.08. The van der Waals surface area contributed by atoms with Gasteiger partial charge in [-0.1, -0.05) is 29.8 Å². The van der Waals surface area contributed by atoms with Gasteiger partial charge in [-0.05, 0) is 18.9 Å². The van der Waals surface area contributed by atoms with E-state index in [4.69, 9.17) is 5.11 Å². The molecule has 0 aromatic heterocycles. The summed E-state index contributed by atoms with van der Waals surface area (Å²) in [4.78, 5) is 43.2. The Balaban J connectivity index is 2.32. The lowest BCUT2D eigenvalue weighted by Crippen LogP contribution is -2.42. The van der Waals surface area contributed by atoms with Crippen molar-refractivity contribution in [1.29, 1.82) is 0 Å². The molecule has 1 rings (SSSR count). The van der Waals surface area contributed by atoms with Crippen LogP contribution in [0.4, 0.5) is 0 Å². The van der Waals surface area contributed by atoms with Gasteiger partial charge in [0.2, 0.25) is 11.8 Å². The van der Waals surface area contributed by atoms with Gasteiger partial charge in [0.05, 0.1) is 19.3 Å². The molecule has 168 valence electrons. The maximum atomic E-state index is 11.9. The number of carboxylic acids is 1. The molecule has 3 atom stereocenters. The predicted molar refractivity (Wildman–Crippen MR) is 105 cm³/mol. The molecule has 0 bridgehead atoms. The quantitative estimate of drug-likeness (QED) is 0.264. The van der Waals surface area contributed by atoms with E-state index in [9.17, 15) is 28.9 Å². The molecule has 0 radical (unpaired) electrons. The van der Waals surface area contributed by atoms with Gasteiger partial charge in [0.15, 0.2) is 6.04 Å². The largest absolute Gasteiger partial charge is 0.480 e. The zero-order chi connectivity index (χ0) is 22.7. The molecular weight excluding hydrogens is 419 g/mol. The van der Waals surface area contributed by atoms with Gasteiger partial charge in [-0.25, -0.2) is 9.36 Å². The van der Waals surface area contributed by atoms with Crippen LogP contribution in [-0.2, 0) is 34.4 Å². The number of aliphatic hydroxyl groups is 1. The summed E-state index contributed by atoms with van der Waals surface area (Å²) >= 11 is 0. The Bertz CT molecular complexity index is 787. The Labute approximate surface area is 174 Å². The third-order valence-corrected chi connectivity index (χ3v) is 4.72. The van der Waals surface area contributed by atoms with Gasteiger partial charge in [-0.2, -0.15) is 0 Å². The number of carbonyl (C=O) groups is 3. The lowest BCUT2D eigenvalue weighted by molar-refractivity contribution is -0.142. The van der Waals surface area contributed by atoms with E-state index >= 15 is 0 Å². The summed E-state index contributed by atoms with van der Waals surface area (Å²) in [6, 6.07) is 6.18. The number of hydrogen-bond donors (Lipinski definition) is 5. The first kappa shape index (κ1) is 25.7. The van der Waals surface area contributed by atoms with Crippen LogP contribution in [0.2, 0.25) is 0 Å². The number of rotatable bonds is 13. The molecule has 11 nitrogen and oxygen atoms in total. The molecular formula is C18H27N2O9P.